The van der Waals surface area contributed by atoms with Gasteiger partial charge in [0.2, 0.25) is 11.8 Å². The fraction of sp³-hybridized carbons (Fsp3) is 0.444. The average molecular weight is 1370 g/mol. The lowest BCUT2D eigenvalue weighted by Crippen LogP contribution is -2.71. The van der Waals surface area contributed by atoms with Gasteiger partial charge < -0.3 is 76.9 Å². The first kappa shape index (κ1) is 75.1. The Labute approximate surface area is 588 Å². The van der Waals surface area contributed by atoms with Gasteiger partial charge in [-0.25, -0.2) is 0 Å². The molecule has 0 unspecified atom stereocenters. The van der Waals surface area contributed by atoms with Gasteiger partial charge in [-0.05, 0) is 45.4 Å². The van der Waals surface area contributed by atoms with Gasteiger partial charge in [-0.15, -0.1) is 0 Å². The van der Waals surface area contributed by atoms with Crippen molar-refractivity contribution in [2.24, 2.45) is 0 Å². The molecule has 0 radical (unpaired) electrons. The number of carbonyl (C=O) groups excluding carboxylic acids is 3. The van der Waals surface area contributed by atoms with Crippen LogP contribution in [0.4, 0.5) is 0 Å². The molecule has 19 heteroatoms. The highest BCUT2D eigenvalue weighted by Gasteiger charge is 2.57. The minimum Gasteiger partial charge on any atom is -0.457 e. The number of unbranched alkanes of at least 4 members (excludes halogenated alkanes) is 5. The van der Waals surface area contributed by atoms with E-state index in [0.717, 1.165) is 77.5 Å². The zero-order chi connectivity index (χ0) is 69.5. The van der Waals surface area contributed by atoms with E-state index in [-0.39, 0.29) is 59.5 Å². The molecule has 7 aromatic rings. The highest BCUT2D eigenvalue weighted by molar-refractivity contribution is 5.74. The third-order valence-electron chi connectivity index (χ3n) is 17.6. The normalized spacial score (nSPS) is 25.2. The molecule has 3 aliphatic heterocycles. The third kappa shape index (κ3) is 23.5. The number of carbonyl (C=O) groups is 3. The average Bonchev–Trinajstić information content (AvgIpc) is 0.766. The molecule has 0 saturated carbocycles. The summed E-state index contributed by atoms with van der Waals surface area (Å²) in [6.07, 6.45) is -8.44. The van der Waals surface area contributed by atoms with Crippen molar-refractivity contribution in [1.82, 2.24) is 10.6 Å². The van der Waals surface area contributed by atoms with Crippen molar-refractivity contribution in [3.8, 4) is 0 Å². The molecule has 534 valence electrons. The summed E-state index contributed by atoms with van der Waals surface area (Å²) in [7, 11) is 0. The van der Waals surface area contributed by atoms with Crippen LogP contribution in [-0.2, 0) is 127 Å². The van der Waals surface area contributed by atoms with E-state index in [1.807, 2.05) is 212 Å². The number of amides is 2. The first-order valence-electron chi connectivity index (χ1n) is 35.1. The molecule has 0 spiro atoms. The molecule has 3 fully saturated rings. The number of esters is 1. The van der Waals surface area contributed by atoms with E-state index in [1.54, 1.807) is 0 Å². The maximum Gasteiger partial charge on any atom is 0.303 e. The van der Waals surface area contributed by atoms with Crippen LogP contribution in [0.3, 0.4) is 0 Å². The minimum absolute atomic E-state index is 0.0130. The largest absolute Gasteiger partial charge is 0.457 e. The number of hydrogen-bond acceptors (Lipinski definition) is 17. The molecule has 2 N–H and O–H groups in total. The lowest BCUT2D eigenvalue weighted by Gasteiger charge is -2.52. The van der Waals surface area contributed by atoms with E-state index in [0.29, 0.717) is 13.2 Å². The van der Waals surface area contributed by atoms with Crippen molar-refractivity contribution < 1.29 is 80.7 Å². The van der Waals surface area contributed by atoms with Crippen molar-refractivity contribution in [2.45, 2.75) is 204 Å². The Bertz CT molecular complexity index is 3420. The Morgan fingerprint density at radius 1 is 0.330 bits per heavy atom. The van der Waals surface area contributed by atoms with Crippen LogP contribution in [0.5, 0.6) is 0 Å². The Morgan fingerprint density at radius 3 is 1.02 bits per heavy atom. The highest BCUT2D eigenvalue weighted by atomic mass is 16.8. The SMILES string of the molecule is CCCCCCCCO[C@H]1O[C@H](COCc2ccccc2)[C@@H](OCc2ccccc2)[C@H](OCc2ccccc2)[C@@H]1O[C@@H]1O[C@H](COCc2ccccc2)[C@@H](O[C@@H]2O[C@H](COCc3ccccc3)[C@H](OC(C)=O)[C@H](OCc3ccccc3)[C@H]2NC(C)=O)[C@H](OCc2ccccc2)[C@H]1NC(C)=O. The molecule has 0 aliphatic carbocycles. The minimum atomic E-state index is -1.42. The van der Waals surface area contributed by atoms with E-state index in [1.165, 1.54) is 20.8 Å². The summed E-state index contributed by atoms with van der Waals surface area (Å²) in [5.74, 6) is -1.51. The molecule has 3 heterocycles. The second-order valence-electron chi connectivity index (χ2n) is 25.5. The number of hydrogen-bond donors (Lipinski definition) is 2. The monoisotopic (exact) mass is 1370 g/mol. The van der Waals surface area contributed by atoms with Gasteiger partial charge >= 0.3 is 5.97 Å². The van der Waals surface area contributed by atoms with Crippen LogP contribution >= 0.6 is 0 Å². The summed E-state index contributed by atoms with van der Waals surface area (Å²) in [5.41, 5.74) is 6.20. The molecule has 7 aromatic carbocycles. The number of ether oxygens (including phenoxy) is 14. The van der Waals surface area contributed by atoms with Crippen molar-refractivity contribution in [3.05, 3.63) is 251 Å². The Balaban J connectivity index is 1.07. The third-order valence-corrected chi connectivity index (χ3v) is 17.6. The van der Waals surface area contributed by atoms with Crippen LogP contribution < -0.4 is 10.6 Å². The number of rotatable bonds is 39. The van der Waals surface area contributed by atoms with Gasteiger partial charge in [-0.1, -0.05) is 251 Å². The molecule has 15 atom stereocenters. The molecule has 3 saturated heterocycles. The van der Waals surface area contributed by atoms with Gasteiger partial charge in [-0.3, -0.25) is 14.4 Å². The van der Waals surface area contributed by atoms with Crippen molar-refractivity contribution in [3.63, 3.8) is 0 Å². The van der Waals surface area contributed by atoms with Gasteiger partial charge in [0, 0.05) is 27.4 Å². The summed E-state index contributed by atoms with van der Waals surface area (Å²) in [5, 5.41) is 6.27. The van der Waals surface area contributed by atoms with Gasteiger partial charge in [0.05, 0.1) is 66.1 Å². The lowest BCUT2D eigenvalue weighted by molar-refractivity contribution is -0.377. The van der Waals surface area contributed by atoms with Crippen molar-refractivity contribution in [2.75, 3.05) is 26.4 Å². The van der Waals surface area contributed by atoms with Crippen molar-refractivity contribution in [1.29, 1.82) is 0 Å². The summed E-state index contributed by atoms with van der Waals surface area (Å²) < 4.78 is 98.0. The fourth-order valence-corrected chi connectivity index (χ4v) is 12.7. The molecule has 3 aliphatic rings. The second-order valence-corrected chi connectivity index (χ2v) is 25.5. The maximum absolute atomic E-state index is 14.2. The first-order chi connectivity index (χ1) is 49.0. The first-order valence-corrected chi connectivity index (χ1v) is 35.1. The number of benzene rings is 7. The van der Waals surface area contributed by atoms with Crippen LogP contribution in [0.1, 0.15) is 105 Å². The molecule has 2 amide bonds. The van der Waals surface area contributed by atoms with Crippen LogP contribution in [-0.4, -0.2) is 136 Å². The summed E-state index contributed by atoms with van der Waals surface area (Å²) >= 11 is 0. The smallest absolute Gasteiger partial charge is 0.303 e. The molecule has 0 bridgehead atoms. The summed E-state index contributed by atoms with van der Waals surface area (Å²) in [6.45, 7) is 7.47. The van der Waals surface area contributed by atoms with E-state index < -0.39 is 110 Å². The molecular formula is C81H98N2O17. The van der Waals surface area contributed by atoms with Crippen LogP contribution in [0.25, 0.3) is 0 Å². The fourth-order valence-electron chi connectivity index (χ4n) is 12.7. The van der Waals surface area contributed by atoms with Crippen LogP contribution in [0.15, 0.2) is 212 Å². The highest BCUT2D eigenvalue weighted by Crippen LogP contribution is 2.38. The molecular weight excluding hydrogens is 1270 g/mol. The predicted octanol–water partition coefficient (Wildman–Crippen LogP) is 12.2. The van der Waals surface area contributed by atoms with Gasteiger partial charge in [-0.2, -0.15) is 0 Å². The predicted molar refractivity (Wildman–Crippen MR) is 374 cm³/mol. The topological polar surface area (TPSA) is 204 Å². The standard InChI is InChI=1S/C81H98N2O17/c1-5-6-7-8-9-31-46-90-81-78(77(94-53-66-44-29-16-30-45-66)72(91-50-63-38-23-13-24-39-63)67(98-81)54-87-47-60-32-17-10-18-33-60)100-80-71(83-58(3)85)76(93-52-65-42-27-15-28-43-65)74(69(97-80)56-89-49-62-36-21-12-22-37-62)99-79-70(82-57(2)84)75(92-51-64-40-25-14-26-41-64)73(95-59(4)86)68(96-79)55-88-48-61-34-19-11-20-35-61/h10-30,32-45,67-81H,5-9,31,46-56H2,1-4H3,(H,82,84)(H,83,85)/t67-,68-,69-,70-,71-,72-,73+,74-,75-,76-,77+,78+,79+,80+,81+/m1/s1. The van der Waals surface area contributed by atoms with Gasteiger partial charge in [0.15, 0.2) is 25.0 Å². The lowest BCUT2D eigenvalue weighted by atomic mass is 9.93. The molecule has 19 nitrogen and oxygen atoms in total. The molecule has 100 heavy (non-hydrogen) atoms. The second kappa shape index (κ2) is 40.8. The van der Waals surface area contributed by atoms with Crippen LogP contribution in [0, 0.1) is 0 Å². The van der Waals surface area contributed by atoms with Crippen LogP contribution in [0.2, 0.25) is 0 Å². The molecule has 0 aromatic heterocycles. The van der Waals surface area contributed by atoms with E-state index in [9.17, 15) is 14.4 Å². The summed E-state index contributed by atoms with van der Waals surface area (Å²) in [4.78, 5) is 41.3. The summed E-state index contributed by atoms with van der Waals surface area (Å²) in [6, 6.07) is 65.8. The zero-order valence-electron chi connectivity index (χ0n) is 57.8. The zero-order valence-corrected chi connectivity index (χ0v) is 57.8. The Morgan fingerprint density at radius 2 is 0.640 bits per heavy atom. The van der Waals surface area contributed by atoms with Gasteiger partial charge in [0.1, 0.15) is 67.0 Å². The maximum atomic E-state index is 14.2. The van der Waals surface area contributed by atoms with Gasteiger partial charge in [0.25, 0.3) is 0 Å². The van der Waals surface area contributed by atoms with E-state index in [4.69, 9.17) is 66.3 Å². The molecule has 10 rings (SSSR count). The Kier molecular flexibility index (Phi) is 30.6. The number of nitrogens with one attached hydrogen (secondary N) is 2. The van der Waals surface area contributed by atoms with E-state index in [2.05, 4.69) is 17.6 Å². The Hall–Kier alpha value is -7.57. The van der Waals surface area contributed by atoms with Crippen molar-refractivity contribution >= 4 is 17.8 Å². The quantitative estimate of drug-likeness (QED) is 0.0272. The van der Waals surface area contributed by atoms with E-state index >= 15 is 0 Å².